The number of nitrogens with zero attached hydrogens (tertiary/aromatic N) is 1. The monoisotopic (exact) mass is 345 g/mol. The molecule has 0 saturated carbocycles. The van der Waals surface area contributed by atoms with Crippen molar-refractivity contribution >= 4 is 0 Å². The largest absolute Gasteiger partial charge is 0.395 e. The fourth-order valence-corrected chi connectivity index (χ4v) is 2.05. The van der Waals surface area contributed by atoms with Crippen LogP contribution in [0.4, 0.5) is 0 Å². The smallest absolute Gasteiger partial charge is 0.0945 e. The minimum atomic E-state index is -1.05. The van der Waals surface area contributed by atoms with Gasteiger partial charge in [-0.05, 0) is 11.6 Å². The number of hydrogen-bond donors (Lipinski definition) is 8. The van der Waals surface area contributed by atoms with Crippen LogP contribution in [-0.4, -0.2) is 86.3 Å². The van der Waals surface area contributed by atoms with Gasteiger partial charge in [0.2, 0.25) is 0 Å². The van der Waals surface area contributed by atoms with Crippen molar-refractivity contribution < 1.29 is 30.6 Å². The molecule has 0 amide bonds. The summed E-state index contributed by atoms with van der Waals surface area (Å²) in [6, 6.07) is 2.32. The molecule has 9 nitrogen and oxygen atoms in total. The predicted molar refractivity (Wildman–Crippen MR) is 85.8 cm³/mol. The third-order valence-electron chi connectivity index (χ3n) is 3.70. The van der Waals surface area contributed by atoms with Crippen molar-refractivity contribution in [1.82, 2.24) is 15.6 Å². The van der Waals surface area contributed by atoms with E-state index in [0.717, 1.165) is 5.56 Å². The fraction of sp³-hybridized carbons (Fsp3) is 0.667. The van der Waals surface area contributed by atoms with Crippen LogP contribution in [-0.2, 0) is 13.1 Å². The van der Waals surface area contributed by atoms with Gasteiger partial charge in [0.15, 0.2) is 0 Å². The van der Waals surface area contributed by atoms with E-state index in [1.54, 1.807) is 12.3 Å². The molecule has 9 heteroatoms. The lowest BCUT2D eigenvalue weighted by molar-refractivity contribution is 0.0408. The summed E-state index contributed by atoms with van der Waals surface area (Å²) in [6.07, 6.45) is -0.466. The van der Waals surface area contributed by atoms with Crippen LogP contribution in [0.25, 0.3) is 0 Å². The highest BCUT2D eigenvalue weighted by molar-refractivity contribution is 5.14. The maximum absolute atomic E-state index is 9.50. The number of aliphatic hydroxyl groups excluding tert-OH is 6. The van der Waals surface area contributed by atoms with E-state index >= 15 is 0 Å². The zero-order valence-corrected chi connectivity index (χ0v) is 13.4. The van der Waals surface area contributed by atoms with E-state index < -0.39 is 37.5 Å². The second-order valence-electron chi connectivity index (χ2n) is 5.50. The molecule has 0 aliphatic heterocycles. The van der Waals surface area contributed by atoms with Crippen LogP contribution in [0.3, 0.4) is 0 Å². The first-order chi connectivity index (χ1) is 11.5. The Morgan fingerprint density at radius 2 is 1.33 bits per heavy atom. The number of pyridine rings is 1. The Morgan fingerprint density at radius 3 is 1.75 bits per heavy atom. The van der Waals surface area contributed by atoms with Crippen LogP contribution in [0.2, 0.25) is 0 Å². The highest BCUT2D eigenvalue weighted by Gasteiger charge is 2.17. The zero-order chi connectivity index (χ0) is 17.9. The average Bonchev–Trinajstić information content (AvgIpc) is 2.63. The van der Waals surface area contributed by atoms with Crippen LogP contribution >= 0.6 is 0 Å². The Balaban J connectivity index is 2.48. The van der Waals surface area contributed by atoms with E-state index in [-0.39, 0.29) is 13.2 Å². The number of aliphatic hydroxyl groups is 6. The van der Waals surface area contributed by atoms with E-state index in [9.17, 15) is 10.2 Å². The van der Waals surface area contributed by atoms with Gasteiger partial charge in [0.1, 0.15) is 0 Å². The minimum absolute atomic E-state index is 0.299. The van der Waals surface area contributed by atoms with Gasteiger partial charge in [-0.3, -0.25) is 4.98 Å². The quantitative estimate of drug-likeness (QED) is 0.194. The van der Waals surface area contributed by atoms with Gasteiger partial charge in [-0.15, -0.1) is 0 Å². The lowest BCUT2D eigenvalue weighted by atomic mass is 10.1. The van der Waals surface area contributed by atoms with Crippen molar-refractivity contribution in [3.8, 4) is 0 Å². The first-order valence-corrected chi connectivity index (χ1v) is 7.75. The number of aromatic nitrogens is 1. The summed E-state index contributed by atoms with van der Waals surface area (Å²) in [5, 5.41) is 60.9. The molecule has 0 saturated heterocycles. The molecule has 0 fully saturated rings. The van der Waals surface area contributed by atoms with E-state index in [1.807, 2.05) is 6.07 Å². The van der Waals surface area contributed by atoms with E-state index in [4.69, 9.17) is 20.4 Å². The Morgan fingerprint density at radius 1 is 0.792 bits per heavy atom. The third kappa shape index (κ3) is 6.75. The molecular weight excluding hydrogens is 318 g/mol. The molecule has 4 atom stereocenters. The molecule has 138 valence electrons. The predicted octanol–water partition coefficient (Wildman–Crippen LogP) is -3.31. The van der Waals surface area contributed by atoms with Crippen molar-refractivity contribution in [3.63, 3.8) is 0 Å². The van der Waals surface area contributed by atoms with E-state index in [0.29, 0.717) is 18.8 Å². The standard InChI is InChI=1S/C15H27N3O6/c19-6-12(14(23)8-21)17-4-10-1-2-11(16-3-10)5-18-13(7-20)15(24)9-22/h1-3,12-15,17-24H,4-9H2. The molecule has 1 aromatic rings. The Kier molecular flexibility index (Phi) is 9.91. The van der Waals surface area contributed by atoms with Crippen LogP contribution in [0.1, 0.15) is 11.3 Å². The summed E-state index contributed by atoms with van der Waals surface area (Å²) in [7, 11) is 0. The third-order valence-corrected chi connectivity index (χ3v) is 3.70. The lowest BCUT2D eigenvalue weighted by Gasteiger charge is -2.21. The zero-order valence-electron chi connectivity index (χ0n) is 13.4. The van der Waals surface area contributed by atoms with Gasteiger partial charge >= 0.3 is 0 Å². The highest BCUT2D eigenvalue weighted by Crippen LogP contribution is 2.03. The van der Waals surface area contributed by atoms with Crippen LogP contribution in [0, 0.1) is 0 Å². The van der Waals surface area contributed by atoms with Gasteiger partial charge in [-0.25, -0.2) is 0 Å². The molecule has 0 radical (unpaired) electrons. The second kappa shape index (κ2) is 11.4. The molecule has 1 heterocycles. The molecule has 0 bridgehead atoms. The summed E-state index contributed by atoms with van der Waals surface area (Å²) < 4.78 is 0. The summed E-state index contributed by atoms with van der Waals surface area (Å²) in [5.41, 5.74) is 1.52. The molecule has 1 aromatic heterocycles. The van der Waals surface area contributed by atoms with Crippen molar-refractivity contribution in [3.05, 3.63) is 29.6 Å². The Bertz CT molecular complexity index is 406. The van der Waals surface area contributed by atoms with Gasteiger partial charge in [0.05, 0.1) is 56.4 Å². The SMILES string of the molecule is OCC(O)C(CO)NCc1ccc(CNC(CO)C(O)CO)nc1. The second-order valence-corrected chi connectivity index (χ2v) is 5.50. The fourth-order valence-electron chi connectivity index (χ4n) is 2.05. The molecule has 24 heavy (non-hydrogen) atoms. The lowest BCUT2D eigenvalue weighted by Crippen LogP contribution is -2.44. The molecule has 0 aliphatic rings. The van der Waals surface area contributed by atoms with Gasteiger partial charge in [-0.2, -0.15) is 0 Å². The first-order valence-electron chi connectivity index (χ1n) is 7.75. The van der Waals surface area contributed by atoms with Gasteiger partial charge in [-0.1, -0.05) is 6.07 Å². The van der Waals surface area contributed by atoms with Crippen molar-refractivity contribution in [2.45, 2.75) is 37.4 Å². The maximum Gasteiger partial charge on any atom is 0.0945 e. The van der Waals surface area contributed by atoms with Gasteiger partial charge in [0.25, 0.3) is 0 Å². The molecule has 0 aliphatic carbocycles. The average molecular weight is 345 g/mol. The van der Waals surface area contributed by atoms with Crippen LogP contribution in [0.5, 0.6) is 0 Å². The Hall–Kier alpha value is -1.17. The van der Waals surface area contributed by atoms with Gasteiger partial charge < -0.3 is 41.3 Å². The van der Waals surface area contributed by atoms with Crippen molar-refractivity contribution in [2.75, 3.05) is 26.4 Å². The van der Waals surface area contributed by atoms with Crippen molar-refractivity contribution in [2.24, 2.45) is 0 Å². The van der Waals surface area contributed by atoms with E-state index in [2.05, 4.69) is 15.6 Å². The molecule has 0 spiro atoms. The molecular formula is C15H27N3O6. The van der Waals surface area contributed by atoms with Crippen LogP contribution in [0.15, 0.2) is 18.3 Å². The minimum Gasteiger partial charge on any atom is -0.395 e. The Labute approximate surface area is 140 Å². The topological polar surface area (TPSA) is 158 Å². The molecule has 8 N–H and O–H groups in total. The number of nitrogens with one attached hydrogen (secondary N) is 2. The first kappa shape index (κ1) is 20.9. The number of hydrogen-bond acceptors (Lipinski definition) is 9. The van der Waals surface area contributed by atoms with Crippen molar-refractivity contribution in [1.29, 1.82) is 0 Å². The number of rotatable bonds is 12. The van der Waals surface area contributed by atoms with E-state index in [1.165, 1.54) is 0 Å². The van der Waals surface area contributed by atoms with Crippen LogP contribution < -0.4 is 10.6 Å². The highest BCUT2D eigenvalue weighted by atomic mass is 16.3. The summed E-state index contributed by atoms with van der Waals surface area (Å²) >= 11 is 0. The molecule has 0 aromatic carbocycles. The maximum atomic E-state index is 9.50. The summed E-state index contributed by atoms with van der Waals surface area (Å²) in [4.78, 5) is 4.24. The molecule has 1 rings (SSSR count). The normalized spacial score (nSPS) is 16.6. The summed E-state index contributed by atoms with van der Waals surface area (Å²) in [5.74, 6) is 0. The molecule has 4 unspecified atom stereocenters. The summed E-state index contributed by atoms with van der Waals surface area (Å²) in [6.45, 7) is -0.800. The van der Waals surface area contributed by atoms with Gasteiger partial charge in [0, 0.05) is 19.3 Å².